The molecule has 0 atom stereocenters. The number of ether oxygens (including phenoxy) is 2. The van der Waals surface area contributed by atoms with E-state index in [-0.39, 0.29) is 0 Å². The van der Waals surface area contributed by atoms with Crippen LogP contribution in [0.3, 0.4) is 0 Å². The molecule has 4 aromatic rings. The minimum Gasteiger partial charge on any atom is -0.493 e. The van der Waals surface area contributed by atoms with E-state index in [0.717, 1.165) is 0 Å². The number of hydrogen-bond acceptors (Lipinski definition) is 8. The standard InChI is InChI=1S/C26H18Cl2N6O2/c1-35-22-12-18-21(13-23(22)36-2)32-26(31-17-7-5-15(14-30)6-8-17)34-25(18)33-24-19(27)10-16(4-3-9-29)11-20(24)28/h3-8,10-13H,1-2H3,(H2,31,32,33,34)/b4-3+. The third-order valence-corrected chi connectivity index (χ3v) is 5.73. The third kappa shape index (κ3) is 5.26. The first-order valence-electron chi connectivity index (χ1n) is 10.5. The van der Waals surface area contributed by atoms with Crippen molar-refractivity contribution in [1.29, 1.82) is 10.5 Å². The Morgan fingerprint density at radius 2 is 1.56 bits per heavy atom. The van der Waals surface area contributed by atoms with Crippen LogP contribution < -0.4 is 20.1 Å². The van der Waals surface area contributed by atoms with Crippen LogP contribution in [0.2, 0.25) is 10.0 Å². The van der Waals surface area contributed by atoms with Gasteiger partial charge in [-0.15, -0.1) is 0 Å². The number of anilines is 4. The van der Waals surface area contributed by atoms with Gasteiger partial charge in [0.2, 0.25) is 5.95 Å². The molecule has 1 heterocycles. The molecule has 8 nitrogen and oxygen atoms in total. The molecule has 0 saturated heterocycles. The highest BCUT2D eigenvalue weighted by Crippen LogP contribution is 2.39. The lowest BCUT2D eigenvalue weighted by molar-refractivity contribution is 0.356. The number of aromatic nitrogens is 2. The molecule has 0 amide bonds. The number of nitrogens with one attached hydrogen (secondary N) is 2. The molecule has 3 aromatic carbocycles. The normalized spacial score (nSPS) is 10.6. The highest BCUT2D eigenvalue weighted by atomic mass is 35.5. The Bertz CT molecular complexity index is 1530. The fourth-order valence-electron chi connectivity index (χ4n) is 3.42. The molecule has 0 aliphatic rings. The second kappa shape index (κ2) is 10.8. The molecule has 36 heavy (non-hydrogen) atoms. The Labute approximate surface area is 217 Å². The van der Waals surface area contributed by atoms with E-state index in [9.17, 15) is 0 Å². The van der Waals surface area contributed by atoms with Gasteiger partial charge in [-0.3, -0.25) is 0 Å². The molecule has 0 aliphatic heterocycles. The van der Waals surface area contributed by atoms with Crippen LogP contribution in [0, 0.1) is 22.7 Å². The van der Waals surface area contributed by atoms with Crippen LogP contribution in [-0.4, -0.2) is 24.2 Å². The topological polar surface area (TPSA) is 116 Å². The van der Waals surface area contributed by atoms with Gasteiger partial charge in [-0.2, -0.15) is 15.5 Å². The molecule has 2 N–H and O–H groups in total. The SMILES string of the molecule is COc1cc2nc(Nc3ccc(C#N)cc3)nc(Nc3c(Cl)cc(/C=C/C#N)cc3Cl)c2cc1OC. The van der Waals surface area contributed by atoms with E-state index in [1.165, 1.54) is 6.08 Å². The van der Waals surface area contributed by atoms with Gasteiger partial charge in [-0.25, -0.2) is 4.98 Å². The monoisotopic (exact) mass is 516 g/mol. The van der Waals surface area contributed by atoms with E-state index in [4.69, 9.17) is 43.2 Å². The zero-order chi connectivity index (χ0) is 25.7. The molecule has 0 fully saturated rings. The zero-order valence-corrected chi connectivity index (χ0v) is 20.6. The first-order valence-corrected chi connectivity index (χ1v) is 11.2. The summed E-state index contributed by atoms with van der Waals surface area (Å²) in [6.07, 6.45) is 2.95. The lowest BCUT2D eigenvalue weighted by Gasteiger charge is -2.16. The number of allylic oxidation sites excluding steroid dienone is 1. The summed E-state index contributed by atoms with van der Waals surface area (Å²) in [5.74, 6) is 1.71. The van der Waals surface area contributed by atoms with Crippen molar-refractivity contribution in [1.82, 2.24) is 9.97 Å². The number of methoxy groups -OCH3 is 2. The predicted octanol–water partition coefficient (Wildman–Crippen LogP) is 6.85. The van der Waals surface area contributed by atoms with Crippen molar-refractivity contribution in [3.63, 3.8) is 0 Å². The van der Waals surface area contributed by atoms with Gasteiger partial charge in [0.25, 0.3) is 0 Å². The Balaban J connectivity index is 1.83. The maximum Gasteiger partial charge on any atom is 0.229 e. The van der Waals surface area contributed by atoms with Gasteiger partial charge in [0.15, 0.2) is 11.5 Å². The molecule has 0 spiro atoms. The average Bonchev–Trinajstić information content (AvgIpc) is 2.89. The maximum absolute atomic E-state index is 9.04. The second-order valence-electron chi connectivity index (χ2n) is 7.38. The van der Waals surface area contributed by atoms with Gasteiger partial charge in [-0.05, 0) is 54.1 Å². The largest absolute Gasteiger partial charge is 0.493 e. The van der Waals surface area contributed by atoms with Gasteiger partial charge in [-0.1, -0.05) is 23.2 Å². The molecular weight excluding hydrogens is 499 g/mol. The quantitative estimate of drug-likeness (QED) is 0.256. The van der Waals surface area contributed by atoms with E-state index in [0.29, 0.717) is 66.7 Å². The minimum atomic E-state index is 0.294. The summed E-state index contributed by atoms with van der Waals surface area (Å²) < 4.78 is 10.9. The van der Waals surface area contributed by atoms with Crippen LogP contribution in [0.15, 0.2) is 54.6 Å². The molecule has 0 unspecified atom stereocenters. The smallest absolute Gasteiger partial charge is 0.229 e. The summed E-state index contributed by atoms with van der Waals surface area (Å²) in [5, 5.41) is 25.5. The van der Waals surface area contributed by atoms with Crippen molar-refractivity contribution in [3.8, 4) is 23.6 Å². The fourth-order valence-corrected chi connectivity index (χ4v) is 4.02. The highest BCUT2D eigenvalue weighted by Gasteiger charge is 2.16. The Kier molecular flexibility index (Phi) is 7.41. The van der Waals surface area contributed by atoms with Crippen LogP contribution in [0.4, 0.5) is 23.1 Å². The van der Waals surface area contributed by atoms with Crippen molar-refractivity contribution in [2.45, 2.75) is 0 Å². The first-order chi connectivity index (χ1) is 17.4. The first kappa shape index (κ1) is 24.6. The Hall–Kier alpha value is -4.50. The minimum absolute atomic E-state index is 0.294. The molecule has 4 rings (SSSR count). The van der Waals surface area contributed by atoms with E-state index < -0.39 is 0 Å². The van der Waals surface area contributed by atoms with E-state index in [2.05, 4.69) is 26.7 Å². The predicted molar refractivity (Wildman–Crippen MR) is 141 cm³/mol. The Morgan fingerprint density at radius 3 is 2.17 bits per heavy atom. The van der Waals surface area contributed by atoms with Gasteiger partial charge >= 0.3 is 0 Å². The van der Waals surface area contributed by atoms with Crippen LogP contribution in [-0.2, 0) is 0 Å². The number of nitriles is 2. The van der Waals surface area contributed by atoms with Crippen LogP contribution in [0.1, 0.15) is 11.1 Å². The average molecular weight is 517 g/mol. The van der Waals surface area contributed by atoms with Crippen molar-refractivity contribution in [2.24, 2.45) is 0 Å². The number of rotatable bonds is 7. The number of fused-ring (bicyclic) bond motifs is 1. The summed E-state index contributed by atoms with van der Waals surface area (Å²) in [7, 11) is 3.08. The summed E-state index contributed by atoms with van der Waals surface area (Å²) in [6, 6.07) is 17.8. The van der Waals surface area contributed by atoms with Crippen LogP contribution in [0.25, 0.3) is 17.0 Å². The Morgan fingerprint density at radius 1 is 0.889 bits per heavy atom. The molecule has 1 aromatic heterocycles. The van der Waals surface area contributed by atoms with E-state index >= 15 is 0 Å². The highest BCUT2D eigenvalue weighted by molar-refractivity contribution is 6.39. The van der Waals surface area contributed by atoms with Gasteiger partial charge in [0.05, 0.1) is 53.2 Å². The van der Waals surface area contributed by atoms with Crippen LogP contribution in [0.5, 0.6) is 11.5 Å². The molecule has 0 saturated carbocycles. The van der Waals surface area contributed by atoms with Crippen molar-refractivity contribution < 1.29 is 9.47 Å². The molecule has 178 valence electrons. The number of hydrogen-bond donors (Lipinski definition) is 2. The lowest BCUT2D eigenvalue weighted by Crippen LogP contribution is -2.04. The zero-order valence-electron chi connectivity index (χ0n) is 19.1. The van der Waals surface area contributed by atoms with Gasteiger partial charge in [0.1, 0.15) is 5.82 Å². The summed E-state index contributed by atoms with van der Waals surface area (Å²) in [4.78, 5) is 9.27. The molecule has 0 bridgehead atoms. The lowest BCUT2D eigenvalue weighted by atomic mass is 10.1. The summed E-state index contributed by atoms with van der Waals surface area (Å²) in [6.45, 7) is 0. The van der Waals surface area contributed by atoms with Crippen molar-refractivity contribution >= 4 is 63.3 Å². The van der Waals surface area contributed by atoms with Gasteiger partial charge < -0.3 is 20.1 Å². The molecule has 0 aliphatic carbocycles. The summed E-state index contributed by atoms with van der Waals surface area (Å²) >= 11 is 13.1. The molecule has 10 heteroatoms. The summed E-state index contributed by atoms with van der Waals surface area (Å²) in [5.41, 5.74) is 2.92. The van der Waals surface area contributed by atoms with E-state index in [1.807, 2.05) is 6.07 Å². The van der Waals surface area contributed by atoms with Gasteiger partial charge in [0, 0.05) is 23.2 Å². The number of benzene rings is 3. The van der Waals surface area contributed by atoms with Crippen molar-refractivity contribution in [3.05, 3.63) is 75.8 Å². The van der Waals surface area contributed by atoms with Crippen LogP contribution >= 0.6 is 23.2 Å². The molecular formula is C26H18Cl2N6O2. The van der Waals surface area contributed by atoms with Crippen molar-refractivity contribution in [2.75, 3.05) is 24.9 Å². The second-order valence-corrected chi connectivity index (χ2v) is 8.20. The number of halogens is 2. The van der Waals surface area contributed by atoms with E-state index in [1.54, 1.807) is 68.8 Å². The maximum atomic E-state index is 9.04. The fraction of sp³-hybridized carbons (Fsp3) is 0.0769. The third-order valence-electron chi connectivity index (χ3n) is 5.13. The number of nitrogens with zero attached hydrogens (tertiary/aromatic N) is 4. The molecule has 0 radical (unpaired) electrons.